The summed E-state index contributed by atoms with van der Waals surface area (Å²) in [7, 11) is 1.41. The summed E-state index contributed by atoms with van der Waals surface area (Å²) in [5, 5.41) is 11.1. The number of hydrogen-bond donors (Lipinski definition) is 0. The molecule has 10 nitrogen and oxygen atoms in total. The van der Waals surface area contributed by atoms with Crippen LogP contribution in [0.2, 0.25) is 0 Å². The van der Waals surface area contributed by atoms with Gasteiger partial charge in [-0.25, -0.2) is 4.79 Å². The van der Waals surface area contributed by atoms with E-state index in [1.165, 1.54) is 37.4 Å². The predicted octanol–water partition coefficient (Wildman–Crippen LogP) is 2.40. The number of benzene rings is 2. The van der Waals surface area contributed by atoms with Crippen molar-refractivity contribution in [1.82, 2.24) is 0 Å². The van der Waals surface area contributed by atoms with E-state index < -0.39 is 17.5 Å². The molecule has 29 heavy (non-hydrogen) atoms. The fourth-order valence-electron chi connectivity index (χ4n) is 2.71. The molecule has 0 N–H and O–H groups in total. The number of fused-ring (bicyclic) bond motifs is 1. The normalized spacial score (nSPS) is 12.3. The highest BCUT2D eigenvalue weighted by Crippen LogP contribution is 2.33. The lowest BCUT2D eigenvalue weighted by atomic mass is 10.1. The van der Waals surface area contributed by atoms with Crippen molar-refractivity contribution in [3.8, 4) is 17.2 Å². The molecule has 1 aliphatic heterocycles. The number of nitro groups is 1. The zero-order valence-electron chi connectivity index (χ0n) is 15.4. The Bertz CT molecular complexity index is 942. The van der Waals surface area contributed by atoms with E-state index in [-0.39, 0.29) is 31.4 Å². The van der Waals surface area contributed by atoms with Crippen molar-refractivity contribution in [3.05, 3.63) is 57.1 Å². The number of non-ortho nitro benzene ring substituents is 1. The quantitative estimate of drug-likeness (QED) is 0.283. The molecule has 2 aromatic carbocycles. The number of nitro benzene ring substituents is 1. The van der Waals surface area contributed by atoms with Crippen molar-refractivity contribution in [3.63, 3.8) is 0 Å². The van der Waals surface area contributed by atoms with E-state index in [9.17, 15) is 19.7 Å². The highest BCUT2D eigenvalue weighted by atomic mass is 16.7. The first-order chi connectivity index (χ1) is 14.0. The van der Waals surface area contributed by atoms with Crippen molar-refractivity contribution in [2.24, 2.45) is 0 Å². The SMILES string of the molecule is COc1cc(C=O)ccc1OCC(=O)OCc1cc([N+](=O)[O-])cc2c1OCOC2. The van der Waals surface area contributed by atoms with Crippen LogP contribution in [0.15, 0.2) is 30.3 Å². The number of esters is 1. The van der Waals surface area contributed by atoms with Gasteiger partial charge in [0.2, 0.25) is 0 Å². The maximum absolute atomic E-state index is 12.1. The van der Waals surface area contributed by atoms with E-state index in [1.54, 1.807) is 0 Å². The Hall–Kier alpha value is -3.66. The third-order valence-corrected chi connectivity index (χ3v) is 4.04. The molecule has 0 saturated heterocycles. The summed E-state index contributed by atoms with van der Waals surface area (Å²) in [5.41, 5.74) is 1.11. The topological polar surface area (TPSA) is 123 Å². The zero-order valence-corrected chi connectivity index (χ0v) is 15.4. The average Bonchev–Trinajstić information content (AvgIpc) is 2.75. The number of hydrogen-bond acceptors (Lipinski definition) is 9. The molecule has 0 saturated carbocycles. The van der Waals surface area contributed by atoms with E-state index in [0.717, 1.165) is 0 Å². The number of carbonyl (C=O) groups is 2. The number of nitrogens with zero attached hydrogens (tertiary/aromatic N) is 1. The van der Waals surface area contributed by atoms with E-state index in [4.69, 9.17) is 23.7 Å². The number of rotatable bonds is 8. The van der Waals surface area contributed by atoms with Crippen LogP contribution in [0.5, 0.6) is 17.2 Å². The molecule has 0 amide bonds. The van der Waals surface area contributed by atoms with E-state index in [1.807, 2.05) is 0 Å². The summed E-state index contributed by atoms with van der Waals surface area (Å²) in [6.45, 7) is -0.478. The van der Waals surface area contributed by atoms with Gasteiger partial charge in [0.25, 0.3) is 5.69 Å². The van der Waals surface area contributed by atoms with Crippen molar-refractivity contribution in [2.45, 2.75) is 13.2 Å². The summed E-state index contributed by atoms with van der Waals surface area (Å²) in [4.78, 5) is 33.4. The van der Waals surface area contributed by atoms with Crippen LogP contribution >= 0.6 is 0 Å². The molecule has 3 rings (SSSR count). The molecular formula is C19H17NO9. The average molecular weight is 403 g/mol. The van der Waals surface area contributed by atoms with Gasteiger partial charge in [0.05, 0.1) is 18.6 Å². The van der Waals surface area contributed by atoms with Gasteiger partial charge in [0.15, 0.2) is 24.9 Å². The van der Waals surface area contributed by atoms with Gasteiger partial charge >= 0.3 is 5.97 Å². The molecule has 10 heteroatoms. The second-order valence-corrected chi connectivity index (χ2v) is 5.94. The summed E-state index contributed by atoms with van der Waals surface area (Å²) < 4.78 is 26.2. The van der Waals surface area contributed by atoms with Crippen LogP contribution in [0.3, 0.4) is 0 Å². The first-order valence-electron chi connectivity index (χ1n) is 8.44. The molecule has 152 valence electrons. The van der Waals surface area contributed by atoms with Gasteiger partial charge in [-0.3, -0.25) is 14.9 Å². The number of ether oxygens (including phenoxy) is 5. The molecule has 1 heterocycles. The van der Waals surface area contributed by atoms with Crippen LogP contribution in [-0.2, 0) is 27.5 Å². The molecule has 0 atom stereocenters. The molecule has 0 aliphatic carbocycles. The number of aldehydes is 1. The zero-order chi connectivity index (χ0) is 20.8. The minimum Gasteiger partial charge on any atom is -0.493 e. The minimum atomic E-state index is -0.696. The Morgan fingerprint density at radius 2 is 2.10 bits per heavy atom. The van der Waals surface area contributed by atoms with Gasteiger partial charge in [-0.15, -0.1) is 0 Å². The van der Waals surface area contributed by atoms with Gasteiger partial charge < -0.3 is 23.7 Å². The number of methoxy groups -OCH3 is 1. The maximum Gasteiger partial charge on any atom is 0.344 e. The monoisotopic (exact) mass is 403 g/mol. The van der Waals surface area contributed by atoms with Crippen LogP contribution in [0.25, 0.3) is 0 Å². The third-order valence-electron chi connectivity index (χ3n) is 4.04. The van der Waals surface area contributed by atoms with Gasteiger partial charge in [-0.05, 0) is 18.2 Å². The van der Waals surface area contributed by atoms with Crippen molar-refractivity contribution < 1.29 is 38.2 Å². The molecule has 0 bridgehead atoms. The minimum absolute atomic E-state index is 0.00540. The second kappa shape index (κ2) is 9.02. The lowest BCUT2D eigenvalue weighted by Gasteiger charge is -2.20. The highest BCUT2D eigenvalue weighted by Gasteiger charge is 2.22. The Kier molecular flexibility index (Phi) is 6.25. The fourth-order valence-corrected chi connectivity index (χ4v) is 2.71. The summed E-state index contributed by atoms with van der Waals surface area (Å²) >= 11 is 0. The highest BCUT2D eigenvalue weighted by molar-refractivity contribution is 5.76. The fraction of sp³-hybridized carbons (Fsp3) is 0.263. The van der Waals surface area contributed by atoms with E-state index in [0.29, 0.717) is 34.5 Å². The molecule has 2 aromatic rings. The molecule has 0 aromatic heterocycles. The molecule has 1 aliphatic rings. The molecule has 0 radical (unpaired) electrons. The Morgan fingerprint density at radius 3 is 2.83 bits per heavy atom. The van der Waals surface area contributed by atoms with Crippen LogP contribution in [0.1, 0.15) is 21.5 Å². The number of carbonyl (C=O) groups excluding carboxylic acids is 2. The first-order valence-corrected chi connectivity index (χ1v) is 8.44. The third kappa shape index (κ3) is 4.79. The molecule has 0 unspecified atom stereocenters. The summed E-state index contributed by atoms with van der Waals surface area (Å²) in [5.74, 6) is 0.271. The maximum atomic E-state index is 12.1. The molecular weight excluding hydrogens is 386 g/mol. The van der Waals surface area contributed by atoms with Crippen LogP contribution in [-0.4, -0.2) is 37.7 Å². The van der Waals surface area contributed by atoms with Crippen LogP contribution < -0.4 is 14.2 Å². The Balaban J connectivity index is 1.65. The Labute approximate surface area is 165 Å². The predicted molar refractivity (Wildman–Crippen MR) is 97.1 cm³/mol. The van der Waals surface area contributed by atoms with Gasteiger partial charge in [-0.2, -0.15) is 0 Å². The largest absolute Gasteiger partial charge is 0.493 e. The summed E-state index contributed by atoms with van der Waals surface area (Å²) in [6.07, 6.45) is 0.660. The van der Waals surface area contributed by atoms with Gasteiger partial charge in [-0.1, -0.05) is 0 Å². The van der Waals surface area contributed by atoms with Crippen LogP contribution in [0, 0.1) is 10.1 Å². The Morgan fingerprint density at radius 1 is 1.28 bits per heavy atom. The van der Waals surface area contributed by atoms with Crippen molar-refractivity contribution in [2.75, 3.05) is 20.5 Å². The van der Waals surface area contributed by atoms with Crippen molar-refractivity contribution in [1.29, 1.82) is 0 Å². The second-order valence-electron chi connectivity index (χ2n) is 5.94. The van der Waals surface area contributed by atoms with Gasteiger partial charge in [0, 0.05) is 28.8 Å². The molecule has 0 fully saturated rings. The van der Waals surface area contributed by atoms with Gasteiger partial charge in [0.1, 0.15) is 18.6 Å². The summed E-state index contributed by atoms with van der Waals surface area (Å²) in [6, 6.07) is 7.14. The lowest BCUT2D eigenvalue weighted by molar-refractivity contribution is -0.385. The first kappa shape index (κ1) is 20.1. The van der Waals surface area contributed by atoms with E-state index >= 15 is 0 Å². The molecule has 0 spiro atoms. The smallest absolute Gasteiger partial charge is 0.344 e. The van der Waals surface area contributed by atoms with Crippen molar-refractivity contribution >= 4 is 17.9 Å². The standard InChI is InChI=1S/C19H17NO9/c1-25-17-4-12(7-21)2-3-16(17)27-10-18(22)28-9-14-6-15(20(23)24)5-13-8-26-11-29-19(13)14/h2-7H,8-11H2,1H3. The van der Waals surface area contributed by atoms with E-state index in [2.05, 4.69) is 0 Å². The van der Waals surface area contributed by atoms with Crippen LogP contribution in [0.4, 0.5) is 5.69 Å². The lowest BCUT2D eigenvalue weighted by Crippen LogP contribution is -2.17.